The lowest BCUT2D eigenvalue weighted by Gasteiger charge is -2.10. The molecule has 0 N–H and O–H groups in total. The number of ether oxygens (including phenoxy) is 2. The van der Waals surface area contributed by atoms with E-state index in [1.807, 2.05) is 39.0 Å². The van der Waals surface area contributed by atoms with E-state index in [0.29, 0.717) is 17.5 Å². The van der Waals surface area contributed by atoms with Gasteiger partial charge >= 0.3 is 5.97 Å². The molecule has 8 heteroatoms. The highest BCUT2D eigenvalue weighted by Crippen LogP contribution is 2.24. The maximum Gasteiger partial charge on any atom is 0.321 e. The number of thioether (sulfide) groups is 1. The van der Waals surface area contributed by atoms with Gasteiger partial charge in [-0.3, -0.25) is 4.79 Å². The van der Waals surface area contributed by atoms with Gasteiger partial charge in [0, 0.05) is 0 Å². The Bertz CT molecular complexity index is 905. The molecule has 3 rings (SSSR count). The average molecular weight is 384 g/mol. The second-order valence-corrected chi connectivity index (χ2v) is 6.72. The van der Waals surface area contributed by atoms with Gasteiger partial charge in [-0.25, -0.2) is 0 Å². The summed E-state index contributed by atoms with van der Waals surface area (Å²) in [5, 5.41) is 12.4. The van der Waals surface area contributed by atoms with E-state index in [1.165, 1.54) is 11.8 Å². The van der Waals surface area contributed by atoms with Crippen LogP contribution in [-0.2, 0) is 4.79 Å². The highest BCUT2D eigenvalue weighted by Gasteiger charge is 2.15. The van der Waals surface area contributed by atoms with E-state index in [1.54, 1.807) is 28.9 Å². The molecule has 0 fully saturated rings. The minimum Gasteiger partial charge on any atom is -0.494 e. The zero-order valence-electron chi connectivity index (χ0n) is 15.4. The molecule has 140 valence electrons. The van der Waals surface area contributed by atoms with Crippen molar-refractivity contribution in [1.82, 2.24) is 20.2 Å². The summed E-state index contributed by atoms with van der Waals surface area (Å²) in [7, 11) is 0. The number of aryl methyl sites for hydroxylation is 2. The number of esters is 1. The summed E-state index contributed by atoms with van der Waals surface area (Å²) >= 11 is 1.23. The minimum atomic E-state index is -0.375. The average Bonchev–Trinajstić information content (AvgIpc) is 3.10. The molecule has 0 atom stereocenters. The number of para-hydroxylation sites is 1. The van der Waals surface area contributed by atoms with E-state index in [0.717, 1.165) is 22.6 Å². The third kappa shape index (κ3) is 4.65. The lowest BCUT2D eigenvalue weighted by molar-refractivity contribution is -0.131. The molecular formula is C19H20N4O3S. The summed E-state index contributed by atoms with van der Waals surface area (Å²) in [6, 6.07) is 12.9. The molecule has 0 spiro atoms. The fourth-order valence-electron chi connectivity index (χ4n) is 2.60. The fourth-order valence-corrected chi connectivity index (χ4v) is 3.25. The Morgan fingerprint density at radius 3 is 2.41 bits per heavy atom. The molecule has 3 aromatic rings. The van der Waals surface area contributed by atoms with Crippen molar-refractivity contribution in [2.75, 3.05) is 12.4 Å². The van der Waals surface area contributed by atoms with Crippen molar-refractivity contribution in [3.8, 4) is 17.2 Å². The van der Waals surface area contributed by atoms with Crippen LogP contribution < -0.4 is 9.47 Å². The maximum absolute atomic E-state index is 12.1. The Kier molecular flexibility index (Phi) is 6.08. The Labute approximate surface area is 161 Å². The number of hydrogen-bond acceptors (Lipinski definition) is 7. The minimum absolute atomic E-state index is 0.0957. The topological polar surface area (TPSA) is 79.1 Å². The van der Waals surface area contributed by atoms with Crippen molar-refractivity contribution in [3.05, 3.63) is 53.6 Å². The molecule has 0 aliphatic carbocycles. The number of nitrogens with zero attached hydrogens (tertiary/aromatic N) is 4. The number of aromatic nitrogens is 4. The predicted octanol–water partition coefficient (Wildman–Crippen LogP) is 3.38. The van der Waals surface area contributed by atoms with Gasteiger partial charge < -0.3 is 9.47 Å². The highest BCUT2D eigenvalue weighted by molar-refractivity contribution is 7.99. The normalized spacial score (nSPS) is 10.6. The predicted molar refractivity (Wildman–Crippen MR) is 103 cm³/mol. The molecule has 2 aromatic carbocycles. The van der Waals surface area contributed by atoms with Crippen LogP contribution in [0.5, 0.6) is 11.5 Å². The summed E-state index contributed by atoms with van der Waals surface area (Å²) in [5.74, 6) is 0.927. The van der Waals surface area contributed by atoms with Crippen LogP contribution in [-0.4, -0.2) is 38.5 Å². The number of hydrogen-bond donors (Lipinski definition) is 0. The summed E-state index contributed by atoms with van der Waals surface area (Å²) in [4.78, 5) is 12.1. The second-order valence-electron chi connectivity index (χ2n) is 5.78. The number of tetrazole rings is 1. The fraction of sp³-hybridized carbons (Fsp3) is 0.263. The Balaban J connectivity index is 1.64. The van der Waals surface area contributed by atoms with Crippen LogP contribution >= 0.6 is 11.8 Å². The highest BCUT2D eigenvalue weighted by atomic mass is 32.2. The van der Waals surface area contributed by atoms with Crippen molar-refractivity contribution in [1.29, 1.82) is 0 Å². The van der Waals surface area contributed by atoms with Gasteiger partial charge in [0.05, 0.1) is 18.0 Å². The van der Waals surface area contributed by atoms with Gasteiger partial charge in [0.25, 0.3) is 0 Å². The summed E-state index contributed by atoms with van der Waals surface area (Å²) in [6.07, 6.45) is 0. The monoisotopic (exact) mass is 384 g/mol. The molecule has 0 aliphatic rings. The quantitative estimate of drug-likeness (QED) is 0.351. The number of carbonyl (C=O) groups is 1. The second kappa shape index (κ2) is 8.68. The molecule has 7 nitrogen and oxygen atoms in total. The molecule has 1 heterocycles. The molecule has 27 heavy (non-hydrogen) atoms. The van der Waals surface area contributed by atoms with Gasteiger partial charge in [0.1, 0.15) is 11.5 Å². The third-order valence-electron chi connectivity index (χ3n) is 3.78. The SMILES string of the molecule is CCOc1ccc(OC(=O)CSc2nnnn2-c2c(C)cccc2C)cc1. The molecule has 0 saturated carbocycles. The first-order valence-electron chi connectivity index (χ1n) is 8.49. The standard InChI is InChI=1S/C19H20N4O3S/c1-4-25-15-8-10-16(11-9-15)26-17(24)12-27-19-20-21-22-23(19)18-13(2)6-5-7-14(18)3/h5-11H,4,12H2,1-3H3. The van der Waals surface area contributed by atoms with Crippen molar-refractivity contribution in [2.45, 2.75) is 25.9 Å². The molecule has 1 aromatic heterocycles. The Morgan fingerprint density at radius 2 is 1.74 bits per heavy atom. The zero-order valence-corrected chi connectivity index (χ0v) is 16.2. The molecular weight excluding hydrogens is 364 g/mol. The van der Waals surface area contributed by atoms with Gasteiger partial charge in [-0.15, -0.1) is 5.10 Å². The summed E-state index contributed by atoms with van der Waals surface area (Å²) < 4.78 is 12.4. The van der Waals surface area contributed by atoms with Gasteiger partial charge in [0.15, 0.2) is 0 Å². The molecule has 0 aliphatic heterocycles. The zero-order chi connectivity index (χ0) is 19.2. The third-order valence-corrected chi connectivity index (χ3v) is 4.67. The Hall–Kier alpha value is -2.87. The number of rotatable bonds is 7. The van der Waals surface area contributed by atoms with Crippen LogP contribution in [0.15, 0.2) is 47.6 Å². The first-order valence-corrected chi connectivity index (χ1v) is 9.48. The van der Waals surface area contributed by atoms with Crippen LogP contribution in [0.1, 0.15) is 18.1 Å². The summed E-state index contributed by atoms with van der Waals surface area (Å²) in [5.41, 5.74) is 3.03. The van der Waals surface area contributed by atoms with Gasteiger partial charge in [-0.2, -0.15) is 4.68 Å². The lowest BCUT2D eigenvalue weighted by atomic mass is 10.1. The maximum atomic E-state index is 12.1. The number of benzene rings is 2. The van der Waals surface area contributed by atoms with Crippen LogP contribution in [0.25, 0.3) is 5.69 Å². The van der Waals surface area contributed by atoms with Crippen molar-refractivity contribution in [2.24, 2.45) is 0 Å². The van der Waals surface area contributed by atoms with E-state index >= 15 is 0 Å². The summed E-state index contributed by atoms with van der Waals surface area (Å²) in [6.45, 7) is 6.50. The van der Waals surface area contributed by atoms with E-state index < -0.39 is 0 Å². The van der Waals surface area contributed by atoms with Gasteiger partial charge in [-0.1, -0.05) is 30.0 Å². The lowest BCUT2D eigenvalue weighted by Crippen LogP contribution is -2.12. The van der Waals surface area contributed by atoms with E-state index in [9.17, 15) is 4.79 Å². The van der Waals surface area contributed by atoms with Gasteiger partial charge in [-0.05, 0) is 66.6 Å². The van der Waals surface area contributed by atoms with Crippen molar-refractivity contribution < 1.29 is 14.3 Å². The van der Waals surface area contributed by atoms with Gasteiger partial charge in [0.2, 0.25) is 5.16 Å². The van der Waals surface area contributed by atoms with E-state index in [4.69, 9.17) is 9.47 Å². The van der Waals surface area contributed by atoms with E-state index in [-0.39, 0.29) is 11.7 Å². The number of carbonyl (C=O) groups excluding carboxylic acids is 1. The smallest absolute Gasteiger partial charge is 0.321 e. The molecule has 0 saturated heterocycles. The first-order chi connectivity index (χ1) is 13.1. The van der Waals surface area contributed by atoms with Crippen molar-refractivity contribution >= 4 is 17.7 Å². The molecule has 0 bridgehead atoms. The molecule has 0 unspecified atom stereocenters. The van der Waals surface area contributed by atoms with Crippen LogP contribution in [0, 0.1) is 13.8 Å². The van der Waals surface area contributed by atoms with Crippen LogP contribution in [0.3, 0.4) is 0 Å². The van der Waals surface area contributed by atoms with Crippen molar-refractivity contribution in [3.63, 3.8) is 0 Å². The molecule has 0 amide bonds. The Morgan fingerprint density at radius 1 is 1.07 bits per heavy atom. The van der Waals surface area contributed by atoms with Crippen LogP contribution in [0.4, 0.5) is 0 Å². The van der Waals surface area contributed by atoms with Crippen LogP contribution in [0.2, 0.25) is 0 Å². The largest absolute Gasteiger partial charge is 0.494 e. The molecule has 0 radical (unpaired) electrons. The van der Waals surface area contributed by atoms with E-state index in [2.05, 4.69) is 15.5 Å². The first kappa shape index (κ1) is 18.9.